The molecule has 37 heavy (non-hydrogen) atoms. The minimum absolute atomic E-state index is 0.352. The second kappa shape index (κ2) is 12.4. The lowest BCUT2D eigenvalue weighted by Crippen LogP contribution is -2.17. The first-order valence-corrected chi connectivity index (χ1v) is 11.6. The van der Waals surface area contributed by atoms with Crippen LogP contribution in [-0.2, 0) is 6.61 Å². The molecular formula is C29H23ClN2O5. The van der Waals surface area contributed by atoms with Gasteiger partial charge in [-0.05, 0) is 83.9 Å². The number of benzene rings is 4. The van der Waals surface area contributed by atoms with Gasteiger partial charge in [0.05, 0.1) is 18.9 Å². The molecule has 8 heteroatoms. The zero-order chi connectivity index (χ0) is 26.0. The van der Waals surface area contributed by atoms with Crippen LogP contribution in [0.2, 0.25) is 5.02 Å². The summed E-state index contributed by atoms with van der Waals surface area (Å²) in [6.45, 7) is 0.390. The van der Waals surface area contributed by atoms with Crippen molar-refractivity contribution < 1.29 is 23.8 Å². The molecule has 0 saturated carbocycles. The first-order chi connectivity index (χ1) is 18.0. The fraction of sp³-hybridized carbons (Fsp3) is 0.0690. The third-order valence-electron chi connectivity index (χ3n) is 5.21. The summed E-state index contributed by atoms with van der Waals surface area (Å²) in [4.78, 5) is 24.8. The molecule has 0 spiro atoms. The van der Waals surface area contributed by atoms with Gasteiger partial charge < -0.3 is 14.2 Å². The van der Waals surface area contributed by atoms with Crippen LogP contribution in [0.5, 0.6) is 17.2 Å². The highest BCUT2D eigenvalue weighted by Gasteiger charge is 2.09. The van der Waals surface area contributed by atoms with E-state index in [1.54, 1.807) is 92.0 Å². The Labute approximate surface area is 219 Å². The fourth-order valence-corrected chi connectivity index (χ4v) is 3.36. The number of amides is 1. The number of nitrogens with one attached hydrogen (secondary N) is 1. The van der Waals surface area contributed by atoms with E-state index >= 15 is 0 Å². The van der Waals surface area contributed by atoms with Crippen LogP contribution in [0.1, 0.15) is 31.8 Å². The summed E-state index contributed by atoms with van der Waals surface area (Å²) in [5, 5.41) is 4.67. The van der Waals surface area contributed by atoms with Crippen LogP contribution in [0, 0.1) is 0 Å². The number of hydrazone groups is 1. The van der Waals surface area contributed by atoms with Gasteiger partial charge in [-0.15, -0.1) is 0 Å². The second-order valence-electron chi connectivity index (χ2n) is 7.83. The molecule has 0 bridgehead atoms. The molecule has 0 radical (unpaired) electrons. The molecule has 186 valence electrons. The van der Waals surface area contributed by atoms with Crippen LogP contribution in [0.4, 0.5) is 0 Å². The Hall–Kier alpha value is -4.62. The van der Waals surface area contributed by atoms with Crippen LogP contribution in [0.3, 0.4) is 0 Å². The zero-order valence-electron chi connectivity index (χ0n) is 19.9. The normalized spacial score (nSPS) is 10.6. The molecular weight excluding hydrogens is 492 g/mol. The van der Waals surface area contributed by atoms with Crippen molar-refractivity contribution in [2.75, 3.05) is 7.11 Å². The predicted molar refractivity (Wildman–Crippen MR) is 142 cm³/mol. The van der Waals surface area contributed by atoms with Crippen molar-refractivity contribution in [3.63, 3.8) is 0 Å². The molecule has 1 amide bonds. The summed E-state index contributed by atoms with van der Waals surface area (Å²) in [7, 11) is 1.55. The maximum Gasteiger partial charge on any atom is 0.343 e. The Morgan fingerprint density at radius 1 is 0.838 bits per heavy atom. The van der Waals surface area contributed by atoms with Crippen molar-refractivity contribution in [2.24, 2.45) is 5.10 Å². The van der Waals surface area contributed by atoms with E-state index in [-0.39, 0.29) is 5.91 Å². The van der Waals surface area contributed by atoms with Crippen LogP contribution in [0.15, 0.2) is 102 Å². The smallest absolute Gasteiger partial charge is 0.343 e. The van der Waals surface area contributed by atoms with Crippen molar-refractivity contribution in [2.45, 2.75) is 6.61 Å². The van der Waals surface area contributed by atoms with Crippen LogP contribution in [0.25, 0.3) is 0 Å². The summed E-state index contributed by atoms with van der Waals surface area (Å²) in [5.41, 5.74) is 4.94. The quantitative estimate of drug-likeness (QED) is 0.130. The topological polar surface area (TPSA) is 86.2 Å². The van der Waals surface area contributed by atoms with Gasteiger partial charge in [-0.3, -0.25) is 4.79 Å². The van der Waals surface area contributed by atoms with Crippen molar-refractivity contribution in [1.29, 1.82) is 0 Å². The SMILES string of the molecule is COc1ccc(C(=O)Oc2cccc(/C=N\NC(=O)c3ccc(OCc4ccc(Cl)cc4)cc3)c2)cc1. The first kappa shape index (κ1) is 25.5. The van der Waals surface area contributed by atoms with Gasteiger partial charge in [0, 0.05) is 10.6 Å². The van der Waals surface area contributed by atoms with E-state index in [0.29, 0.717) is 45.6 Å². The number of halogens is 1. The van der Waals surface area contributed by atoms with Crippen LogP contribution >= 0.6 is 11.6 Å². The Bertz CT molecular complexity index is 1390. The van der Waals surface area contributed by atoms with E-state index in [1.165, 1.54) is 6.21 Å². The monoisotopic (exact) mass is 514 g/mol. The number of carbonyl (C=O) groups is 2. The molecule has 1 N–H and O–H groups in total. The van der Waals surface area contributed by atoms with Crippen molar-refractivity contribution in [3.8, 4) is 17.2 Å². The van der Waals surface area contributed by atoms with E-state index in [0.717, 1.165) is 5.56 Å². The zero-order valence-corrected chi connectivity index (χ0v) is 20.6. The van der Waals surface area contributed by atoms with Crippen molar-refractivity contribution in [3.05, 3.63) is 124 Å². The lowest BCUT2D eigenvalue weighted by Gasteiger charge is -2.07. The fourth-order valence-electron chi connectivity index (χ4n) is 3.23. The number of rotatable bonds is 9. The number of hydrogen-bond donors (Lipinski definition) is 1. The number of hydrogen-bond acceptors (Lipinski definition) is 6. The lowest BCUT2D eigenvalue weighted by atomic mass is 10.2. The van der Waals surface area contributed by atoms with Gasteiger partial charge in [0.25, 0.3) is 5.91 Å². The molecule has 0 aliphatic carbocycles. The molecule has 4 aromatic carbocycles. The van der Waals surface area contributed by atoms with E-state index < -0.39 is 5.97 Å². The summed E-state index contributed by atoms with van der Waals surface area (Å²) in [6.07, 6.45) is 1.46. The highest BCUT2D eigenvalue weighted by Crippen LogP contribution is 2.18. The second-order valence-corrected chi connectivity index (χ2v) is 8.27. The lowest BCUT2D eigenvalue weighted by molar-refractivity contribution is 0.0734. The first-order valence-electron chi connectivity index (χ1n) is 11.3. The molecule has 0 saturated heterocycles. The van der Waals surface area contributed by atoms with Gasteiger partial charge >= 0.3 is 5.97 Å². The average molecular weight is 515 g/mol. The van der Waals surface area contributed by atoms with E-state index in [4.69, 9.17) is 25.8 Å². The Balaban J connectivity index is 1.28. The minimum Gasteiger partial charge on any atom is -0.497 e. The number of carbonyl (C=O) groups excluding carboxylic acids is 2. The van der Waals surface area contributed by atoms with E-state index in [9.17, 15) is 9.59 Å². The van der Waals surface area contributed by atoms with Crippen LogP contribution < -0.4 is 19.6 Å². The average Bonchev–Trinajstić information content (AvgIpc) is 2.93. The number of ether oxygens (including phenoxy) is 3. The largest absolute Gasteiger partial charge is 0.497 e. The van der Waals surface area contributed by atoms with Gasteiger partial charge in [0.15, 0.2) is 0 Å². The highest BCUT2D eigenvalue weighted by molar-refractivity contribution is 6.30. The summed E-state index contributed by atoms with van der Waals surface area (Å²) >= 11 is 5.89. The molecule has 0 fully saturated rings. The summed E-state index contributed by atoms with van der Waals surface area (Å²) in [5.74, 6) is 0.768. The Morgan fingerprint density at radius 2 is 1.51 bits per heavy atom. The van der Waals surface area contributed by atoms with Gasteiger partial charge in [-0.25, -0.2) is 10.2 Å². The van der Waals surface area contributed by atoms with Gasteiger partial charge in [0.1, 0.15) is 23.9 Å². The standard InChI is InChI=1S/C29H23ClN2O5/c1-35-25-13-9-23(10-14-25)29(34)37-27-4-2-3-21(17-27)18-31-32-28(33)22-7-15-26(16-8-22)36-19-20-5-11-24(30)12-6-20/h2-18H,19H2,1H3,(H,32,33)/b31-18-. The Morgan fingerprint density at radius 3 is 2.22 bits per heavy atom. The molecule has 0 heterocycles. The molecule has 0 aliphatic heterocycles. The number of nitrogens with zero attached hydrogens (tertiary/aromatic N) is 1. The predicted octanol–water partition coefficient (Wildman–Crippen LogP) is 5.91. The molecule has 7 nitrogen and oxygen atoms in total. The molecule has 0 atom stereocenters. The minimum atomic E-state index is -0.495. The van der Waals surface area contributed by atoms with Gasteiger partial charge in [-0.2, -0.15) is 5.10 Å². The van der Waals surface area contributed by atoms with Gasteiger partial charge in [0.2, 0.25) is 0 Å². The van der Waals surface area contributed by atoms with Crippen molar-refractivity contribution in [1.82, 2.24) is 5.43 Å². The summed E-state index contributed by atoms with van der Waals surface area (Å²) < 4.78 is 16.3. The highest BCUT2D eigenvalue weighted by atomic mass is 35.5. The molecule has 4 aromatic rings. The van der Waals surface area contributed by atoms with Crippen molar-refractivity contribution >= 4 is 29.7 Å². The third-order valence-corrected chi connectivity index (χ3v) is 5.46. The summed E-state index contributed by atoms with van der Waals surface area (Å²) in [6, 6.07) is 27.6. The number of methoxy groups -OCH3 is 1. The molecule has 4 rings (SSSR count). The molecule has 0 unspecified atom stereocenters. The maximum atomic E-state index is 12.4. The van der Waals surface area contributed by atoms with E-state index in [2.05, 4.69) is 10.5 Å². The molecule has 0 aliphatic rings. The maximum absolute atomic E-state index is 12.4. The molecule has 0 aromatic heterocycles. The Kier molecular flexibility index (Phi) is 8.52. The number of esters is 1. The third kappa shape index (κ3) is 7.43. The van der Waals surface area contributed by atoms with Crippen LogP contribution in [-0.4, -0.2) is 25.2 Å². The van der Waals surface area contributed by atoms with Gasteiger partial charge in [-0.1, -0.05) is 35.9 Å². The van der Waals surface area contributed by atoms with E-state index in [1.807, 2.05) is 12.1 Å².